The molecule has 0 spiro atoms. The van der Waals surface area contributed by atoms with Crippen LogP contribution in [0, 0.1) is 19.8 Å². The number of fused-ring (bicyclic) bond motifs is 2. The van der Waals surface area contributed by atoms with Crippen LogP contribution in [0.4, 0.5) is 11.4 Å². The summed E-state index contributed by atoms with van der Waals surface area (Å²) in [6.07, 6.45) is 0. The highest BCUT2D eigenvalue weighted by molar-refractivity contribution is 8.00. The molecule has 7 nitrogen and oxygen atoms in total. The summed E-state index contributed by atoms with van der Waals surface area (Å²) in [5, 5.41) is 3.22. The smallest absolute Gasteiger partial charge is 0.308 e. The van der Waals surface area contributed by atoms with Crippen molar-refractivity contribution < 1.29 is 14.4 Å². The van der Waals surface area contributed by atoms with Crippen LogP contribution in [0.5, 0.6) is 0 Å². The standard InChI is InChI=1S/C30H24ClN3O4S2/c1-16-7-13-20(14-8-16)34-27(36)24-23(18-9-11-19(31)12-10-18)26-29(39-25(24)28(34)37)33(30(38)40-26)15-22(35)32-21-6-4-3-5-17(21)2/h3-14,23-25H,15H2,1-2H3,(H,32,35)/t23-,24-,25+/m0/s1. The molecule has 1 saturated heterocycles. The lowest BCUT2D eigenvalue weighted by Crippen LogP contribution is -2.33. The lowest BCUT2D eigenvalue weighted by Gasteiger charge is -2.30. The number of nitrogens with one attached hydrogen (secondary N) is 1. The van der Waals surface area contributed by atoms with Gasteiger partial charge in [-0.2, -0.15) is 0 Å². The first kappa shape index (κ1) is 26.6. The Hall–Kier alpha value is -3.66. The van der Waals surface area contributed by atoms with Crippen LogP contribution in [0.1, 0.15) is 27.5 Å². The van der Waals surface area contributed by atoms with Crippen LogP contribution < -0.4 is 15.1 Å². The van der Waals surface area contributed by atoms with Crippen LogP contribution in [-0.2, 0) is 20.9 Å². The molecule has 3 aromatic carbocycles. The molecule has 3 atom stereocenters. The molecule has 40 heavy (non-hydrogen) atoms. The van der Waals surface area contributed by atoms with Crippen molar-refractivity contribution in [3.63, 3.8) is 0 Å². The number of thioether (sulfide) groups is 1. The van der Waals surface area contributed by atoms with Crippen LogP contribution in [0.25, 0.3) is 0 Å². The Kier molecular flexibility index (Phi) is 6.90. The van der Waals surface area contributed by atoms with Gasteiger partial charge in [0.15, 0.2) is 0 Å². The molecule has 0 radical (unpaired) electrons. The summed E-state index contributed by atoms with van der Waals surface area (Å²) < 4.78 is 1.42. The fourth-order valence-corrected chi connectivity index (χ4v) is 8.18. The molecule has 3 heterocycles. The quantitative estimate of drug-likeness (QED) is 0.306. The van der Waals surface area contributed by atoms with Crippen molar-refractivity contribution >= 4 is 63.8 Å². The number of aryl methyl sites for hydroxylation is 2. The Balaban J connectivity index is 1.41. The number of anilines is 2. The summed E-state index contributed by atoms with van der Waals surface area (Å²) in [4.78, 5) is 55.7. The number of carbonyl (C=O) groups excluding carboxylic acids is 3. The fraction of sp³-hybridized carbons (Fsp3) is 0.200. The maximum absolute atomic E-state index is 13.9. The van der Waals surface area contributed by atoms with Gasteiger partial charge in [-0.3, -0.25) is 23.7 Å². The van der Waals surface area contributed by atoms with Crippen LogP contribution in [0.15, 0.2) is 82.6 Å². The summed E-state index contributed by atoms with van der Waals surface area (Å²) in [5.74, 6) is -2.23. The first-order valence-electron chi connectivity index (χ1n) is 12.7. The number of rotatable bonds is 5. The minimum atomic E-state index is -0.748. The Morgan fingerprint density at radius 1 is 0.925 bits per heavy atom. The molecular weight excluding hydrogens is 566 g/mol. The van der Waals surface area contributed by atoms with Crippen molar-refractivity contribution in [1.29, 1.82) is 0 Å². The van der Waals surface area contributed by atoms with E-state index in [9.17, 15) is 19.2 Å². The van der Waals surface area contributed by atoms with E-state index in [0.29, 0.717) is 26.3 Å². The van der Waals surface area contributed by atoms with Gasteiger partial charge in [-0.1, -0.05) is 82.7 Å². The summed E-state index contributed by atoms with van der Waals surface area (Å²) in [5.41, 5.74) is 3.89. The molecule has 202 valence electrons. The number of hydrogen-bond acceptors (Lipinski definition) is 6. The van der Waals surface area contributed by atoms with Crippen molar-refractivity contribution in [1.82, 2.24) is 4.57 Å². The van der Waals surface area contributed by atoms with Crippen LogP contribution >= 0.6 is 34.7 Å². The van der Waals surface area contributed by atoms with Gasteiger partial charge in [0.25, 0.3) is 0 Å². The molecular formula is C30H24ClN3O4S2. The number of carbonyl (C=O) groups is 3. The third-order valence-corrected chi connectivity index (χ3v) is 10.1. The van der Waals surface area contributed by atoms with E-state index in [1.807, 2.05) is 56.3 Å². The van der Waals surface area contributed by atoms with Crippen molar-refractivity contribution in [2.45, 2.75) is 36.6 Å². The van der Waals surface area contributed by atoms with Gasteiger partial charge in [0.2, 0.25) is 17.7 Å². The monoisotopic (exact) mass is 589 g/mol. The lowest BCUT2D eigenvalue weighted by atomic mass is 9.83. The molecule has 2 aliphatic heterocycles. The van der Waals surface area contributed by atoms with E-state index in [-0.39, 0.29) is 29.1 Å². The predicted molar refractivity (Wildman–Crippen MR) is 158 cm³/mol. The van der Waals surface area contributed by atoms with Crippen LogP contribution in [0.2, 0.25) is 5.02 Å². The zero-order chi connectivity index (χ0) is 28.1. The molecule has 0 saturated carbocycles. The van der Waals surface area contributed by atoms with E-state index < -0.39 is 17.1 Å². The zero-order valence-electron chi connectivity index (χ0n) is 21.6. The average Bonchev–Trinajstić information content (AvgIpc) is 3.37. The molecule has 0 aliphatic carbocycles. The summed E-state index contributed by atoms with van der Waals surface area (Å²) >= 11 is 8.38. The van der Waals surface area contributed by atoms with Gasteiger partial charge in [-0.05, 0) is 55.3 Å². The van der Waals surface area contributed by atoms with E-state index >= 15 is 0 Å². The number of para-hydroxylation sites is 1. The van der Waals surface area contributed by atoms with Gasteiger partial charge in [-0.15, -0.1) is 0 Å². The van der Waals surface area contributed by atoms with E-state index in [0.717, 1.165) is 28.0 Å². The molecule has 3 amide bonds. The van der Waals surface area contributed by atoms with Crippen LogP contribution in [0.3, 0.4) is 0 Å². The van der Waals surface area contributed by atoms with Crippen molar-refractivity contribution in [2.75, 3.05) is 10.2 Å². The van der Waals surface area contributed by atoms with Gasteiger partial charge < -0.3 is 5.32 Å². The number of imide groups is 1. The first-order chi connectivity index (χ1) is 19.2. The number of halogens is 1. The van der Waals surface area contributed by atoms with Gasteiger partial charge >= 0.3 is 4.87 Å². The number of thiazole rings is 1. The number of aromatic nitrogens is 1. The Bertz CT molecular complexity index is 1710. The van der Waals surface area contributed by atoms with Crippen LogP contribution in [-0.4, -0.2) is 27.5 Å². The topological polar surface area (TPSA) is 88.5 Å². The second kappa shape index (κ2) is 10.4. The predicted octanol–water partition coefficient (Wildman–Crippen LogP) is 5.61. The van der Waals surface area contributed by atoms with Gasteiger partial charge in [0.05, 0.1) is 16.6 Å². The summed E-state index contributed by atoms with van der Waals surface area (Å²) in [7, 11) is 0. The number of hydrogen-bond donors (Lipinski definition) is 1. The zero-order valence-corrected chi connectivity index (χ0v) is 24.0. The van der Waals surface area contributed by atoms with Gasteiger partial charge in [0.1, 0.15) is 11.8 Å². The van der Waals surface area contributed by atoms with Gasteiger partial charge in [-0.25, -0.2) is 4.90 Å². The first-order valence-corrected chi connectivity index (χ1v) is 14.8. The highest BCUT2D eigenvalue weighted by Crippen LogP contribution is 2.54. The lowest BCUT2D eigenvalue weighted by molar-refractivity contribution is -0.122. The fourth-order valence-electron chi connectivity index (χ4n) is 5.28. The molecule has 0 bridgehead atoms. The Morgan fingerprint density at radius 3 is 2.33 bits per heavy atom. The number of nitrogens with zero attached hydrogens (tertiary/aromatic N) is 2. The maximum Gasteiger partial charge on any atom is 0.308 e. The van der Waals surface area contributed by atoms with E-state index in [2.05, 4.69) is 5.32 Å². The summed E-state index contributed by atoms with van der Waals surface area (Å²) in [6.45, 7) is 3.63. The third kappa shape index (κ3) is 4.58. The highest BCUT2D eigenvalue weighted by Gasteiger charge is 2.56. The molecule has 6 rings (SSSR count). The molecule has 1 aromatic heterocycles. The molecule has 1 fully saturated rings. The number of amides is 3. The largest absolute Gasteiger partial charge is 0.324 e. The van der Waals surface area contributed by atoms with Crippen molar-refractivity contribution in [2.24, 2.45) is 5.92 Å². The second-order valence-corrected chi connectivity index (χ2v) is 12.5. The molecule has 1 N–H and O–H groups in total. The molecule has 4 aromatic rings. The minimum Gasteiger partial charge on any atom is -0.324 e. The van der Waals surface area contributed by atoms with Gasteiger partial charge in [0, 0.05) is 21.5 Å². The van der Waals surface area contributed by atoms with E-state index in [1.54, 1.807) is 30.3 Å². The molecule has 0 unspecified atom stereocenters. The number of benzene rings is 3. The van der Waals surface area contributed by atoms with Crippen molar-refractivity contribution in [3.8, 4) is 0 Å². The average molecular weight is 590 g/mol. The normalized spacial score (nSPS) is 19.9. The summed E-state index contributed by atoms with van der Waals surface area (Å²) in [6, 6.07) is 21.8. The highest BCUT2D eigenvalue weighted by atomic mass is 35.5. The minimum absolute atomic E-state index is 0.208. The van der Waals surface area contributed by atoms with Crippen molar-refractivity contribution in [3.05, 3.63) is 109 Å². The second-order valence-electron chi connectivity index (χ2n) is 9.93. The Morgan fingerprint density at radius 2 is 1.62 bits per heavy atom. The SMILES string of the molecule is Cc1ccc(N2C(=O)[C@H]3[C@H](c4ccc(Cl)cc4)c4sc(=O)n(CC(=O)Nc5ccccc5C)c4S[C@H]3C2=O)cc1. The Labute approximate surface area is 243 Å². The molecule has 10 heteroatoms. The maximum atomic E-state index is 13.9. The van der Waals surface area contributed by atoms with E-state index in [4.69, 9.17) is 11.6 Å². The van der Waals surface area contributed by atoms with E-state index in [1.165, 1.54) is 21.2 Å². The third-order valence-electron chi connectivity index (χ3n) is 7.29. The molecule has 2 aliphatic rings.